The minimum atomic E-state index is -1.10. The Labute approximate surface area is 109 Å². The van der Waals surface area contributed by atoms with E-state index in [0.29, 0.717) is 12.3 Å². The highest BCUT2D eigenvalue weighted by Crippen LogP contribution is 2.19. The highest BCUT2D eigenvalue weighted by atomic mass is 19.1. The third-order valence-corrected chi connectivity index (χ3v) is 2.85. The molecule has 19 heavy (non-hydrogen) atoms. The van der Waals surface area contributed by atoms with Crippen molar-refractivity contribution in [2.24, 2.45) is 0 Å². The highest BCUT2D eigenvalue weighted by Gasteiger charge is 2.11. The predicted octanol–water partition coefficient (Wildman–Crippen LogP) is 2.74. The lowest BCUT2D eigenvalue weighted by atomic mass is 10.1. The second-order valence-corrected chi connectivity index (χ2v) is 4.16. The Morgan fingerprint density at radius 2 is 2.21 bits per heavy atom. The molecule has 2 N–H and O–H groups in total. The number of anilines is 1. The average molecular weight is 264 g/mol. The minimum Gasteiger partial charge on any atom is -0.478 e. The molecule has 1 heterocycles. The van der Waals surface area contributed by atoms with Crippen molar-refractivity contribution in [1.29, 1.82) is 0 Å². The summed E-state index contributed by atoms with van der Waals surface area (Å²) in [4.78, 5) is 10.8. The van der Waals surface area contributed by atoms with E-state index in [1.165, 1.54) is 12.1 Å². The number of benzene rings is 1. The number of hydrogen-bond donors (Lipinski definition) is 2. The van der Waals surface area contributed by atoms with Crippen LogP contribution in [0.25, 0.3) is 0 Å². The van der Waals surface area contributed by atoms with Crippen LogP contribution in [-0.2, 0) is 6.54 Å². The molecule has 0 aliphatic carbocycles. The fourth-order valence-electron chi connectivity index (χ4n) is 1.73. The van der Waals surface area contributed by atoms with Crippen LogP contribution >= 0.6 is 0 Å². The molecule has 0 fully saturated rings. The molecule has 1 aromatic carbocycles. The van der Waals surface area contributed by atoms with Gasteiger partial charge in [-0.3, -0.25) is 0 Å². The lowest BCUT2D eigenvalue weighted by molar-refractivity contribution is 0.0697. The van der Waals surface area contributed by atoms with E-state index < -0.39 is 11.8 Å². The zero-order chi connectivity index (χ0) is 14.0. The van der Waals surface area contributed by atoms with Crippen molar-refractivity contribution in [3.63, 3.8) is 0 Å². The lowest BCUT2D eigenvalue weighted by Gasteiger charge is -2.08. The quantitative estimate of drug-likeness (QED) is 0.888. The third-order valence-electron chi connectivity index (χ3n) is 2.85. The van der Waals surface area contributed by atoms with Crippen LogP contribution in [0.1, 0.15) is 27.4 Å². The number of aryl methyl sites for hydroxylation is 2. The molecule has 0 atom stereocenters. The number of halogens is 1. The molecular weight excluding hydrogens is 251 g/mol. The number of rotatable bonds is 4. The molecule has 0 bridgehead atoms. The third kappa shape index (κ3) is 2.73. The first-order valence-electron chi connectivity index (χ1n) is 5.67. The van der Waals surface area contributed by atoms with Gasteiger partial charge in [0.05, 0.1) is 16.9 Å². The van der Waals surface area contributed by atoms with Crippen molar-refractivity contribution in [3.05, 3.63) is 46.6 Å². The molecule has 0 radical (unpaired) electrons. The number of nitrogens with one attached hydrogen (secondary N) is 1. The Hall–Kier alpha value is -2.37. The molecule has 6 heteroatoms. The van der Waals surface area contributed by atoms with E-state index in [2.05, 4.69) is 10.5 Å². The molecule has 0 saturated carbocycles. The fraction of sp³-hybridized carbons (Fsp3) is 0.231. The molecule has 100 valence electrons. The van der Waals surface area contributed by atoms with Gasteiger partial charge >= 0.3 is 5.97 Å². The van der Waals surface area contributed by atoms with Gasteiger partial charge in [0.2, 0.25) is 0 Å². The molecule has 1 aromatic heterocycles. The molecule has 0 aliphatic heterocycles. The van der Waals surface area contributed by atoms with Crippen molar-refractivity contribution in [1.82, 2.24) is 5.16 Å². The molecule has 2 rings (SSSR count). The van der Waals surface area contributed by atoms with E-state index in [9.17, 15) is 9.18 Å². The van der Waals surface area contributed by atoms with Gasteiger partial charge in [0.1, 0.15) is 11.6 Å². The summed E-state index contributed by atoms with van der Waals surface area (Å²) in [7, 11) is 0. The van der Waals surface area contributed by atoms with Gasteiger partial charge in [-0.05, 0) is 32.0 Å². The van der Waals surface area contributed by atoms with Crippen molar-refractivity contribution in [2.45, 2.75) is 20.4 Å². The highest BCUT2D eigenvalue weighted by molar-refractivity contribution is 5.88. The summed E-state index contributed by atoms with van der Waals surface area (Å²) in [6, 6.07) is 3.60. The number of carboxylic acids is 1. The Kier molecular flexibility index (Phi) is 3.50. The van der Waals surface area contributed by atoms with Gasteiger partial charge in [-0.15, -0.1) is 0 Å². The van der Waals surface area contributed by atoms with Gasteiger partial charge in [0, 0.05) is 12.1 Å². The number of carboxylic acid groups (broad SMARTS) is 1. The molecule has 0 spiro atoms. The average Bonchev–Trinajstić information content (AvgIpc) is 2.68. The first-order valence-corrected chi connectivity index (χ1v) is 5.67. The molecule has 0 saturated heterocycles. The van der Waals surface area contributed by atoms with Crippen LogP contribution in [-0.4, -0.2) is 16.2 Å². The summed E-state index contributed by atoms with van der Waals surface area (Å²) in [5.41, 5.74) is 1.72. The van der Waals surface area contributed by atoms with Crippen LogP contribution < -0.4 is 5.32 Å². The maximum atomic E-state index is 13.6. The molecule has 0 unspecified atom stereocenters. The summed E-state index contributed by atoms with van der Waals surface area (Å²) in [5.74, 6) is -0.947. The van der Waals surface area contributed by atoms with Gasteiger partial charge in [0.25, 0.3) is 0 Å². The largest absolute Gasteiger partial charge is 0.478 e. The van der Waals surface area contributed by atoms with Crippen molar-refractivity contribution < 1.29 is 18.8 Å². The smallest absolute Gasteiger partial charge is 0.335 e. The first kappa shape index (κ1) is 13.1. The van der Waals surface area contributed by atoms with Crippen LogP contribution in [0.3, 0.4) is 0 Å². The molecular formula is C13H13FN2O3. The van der Waals surface area contributed by atoms with Crippen molar-refractivity contribution in [3.8, 4) is 0 Å². The van der Waals surface area contributed by atoms with E-state index in [1.807, 2.05) is 0 Å². The summed E-state index contributed by atoms with van der Waals surface area (Å²) in [6.45, 7) is 3.87. The Morgan fingerprint density at radius 3 is 2.79 bits per heavy atom. The van der Waals surface area contributed by atoms with Gasteiger partial charge < -0.3 is 14.9 Å². The van der Waals surface area contributed by atoms with E-state index in [0.717, 1.165) is 17.3 Å². The first-order chi connectivity index (χ1) is 8.99. The molecule has 0 amide bonds. The second kappa shape index (κ2) is 5.09. The topological polar surface area (TPSA) is 75.4 Å². The van der Waals surface area contributed by atoms with Crippen LogP contribution in [0, 0.1) is 19.7 Å². The van der Waals surface area contributed by atoms with E-state index in [1.54, 1.807) is 13.8 Å². The maximum absolute atomic E-state index is 13.6. The zero-order valence-corrected chi connectivity index (χ0v) is 10.5. The maximum Gasteiger partial charge on any atom is 0.335 e. The van der Waals surface area contributed by atoms with Gasteiger partial charge in [-0.25, -0.2) is 9.18 Å². The van der Waals surface area contributed by atoms with E-state index >= 15 is 0 Å². The van der Waals surface area contributed by atoms with E-state index in [-0.39, 0.29) is 11.3 Å². The normalized spacial score (nSPS) is 10.5. The number of carbonyl (C=O) groups is 1. The van der Waals surface area contributed by atoms with Crippen LogP contribution in [0.2, 0.25) is 0 Å². The van der Waals surface area contributed by atoms with Crippen molar-refractivity contribution in [2.75, 3.05) is 5.32 Å². The lowest BCUT2D eigenvalue weighted by Crippen LogP contribution is -2.05. The van der Waals surface area contributed by atoms with E-state index in [4.69, 9.17) is 9.63 Å². The second-order valence-electron chi connectivity index (χ2n) is 4.16. The number of aromatic carboxylic acids is 1. The number of hydrogen-bond acceptors (Lipinski definition) is 4. The summed E-state index contributed by atoms with van der Waals surface area (Å²) >= 11 is 0. The summed E-state index contributed by atoms with van der Waals surface area (Å²) in [5, 5.41) is 15.5. The summed E-state index contributed by atoms with van der Waals surface area (Å²) in [6.07, 6.45) is 0. The monoisotopic (exact) mass is 264 g/mol. The van der Waals surface area contributed by atoms with Gasteiger partial charge in [-0.1, -0.05) is 5.16 Å². The minimum absolute atomic E-state index is 0.0302. The number of nitrogens with zero attached hydrogens (tertiary/aromatic N) is 1. The zero-order valence-electron chi connectivity index (χ0n) is 10.5. The van der Waals surface area contributed by atoms with Crippen LogP contribution in [0.15, 0.2) is 22.7 Å². The van der Waals surface area contributed by atoms with Crippen LogP contribution in [0.5, 0.6) is 0 Å². The van der Waals surface area contributed by atoms with Crippen LogP contribution in [0.4, 0.5) is 10.1 Å². The molecule has 0 aliphatic rings. The number of aromatic nitrogens is 1. The fourth-order valence-corrected chi connectivity index (χ4v) is 1.73. The molecule has 5 nitrogen and oxygen atoms in total. The molecule has 2 aromatic rings. The van der Waals surface area contributed by atoms with Gasteiger partial charge in [-0.2, -0.15) is 0 Å². The Morgan fingerprint density at radius 1 is 1.47 bits per heavy atom. The Balaban J connectivity index is 2.20. The van der Waals surface area contributed by atoms with Gasteiger partial charge in [0.15, 0.2) is 0 Å². The standard InChI is InChI=1S/C13H13FN2O3/c1-7-10(8(2)19-16-7)6-15-12-5-9(13(17)18)3-4-11(12)14/h3-5,15H,6H2,1-2H3,(H,17,18). The van der Waals surface area contributed by atoms with Crippen molar-refractivity contribution >= 4 is 11.7 Å². The predicted molar refractivity (Wildman–Crippen MR) is 66.7 cm³/mol. The Bertz CT molecular complexity index is 603. The summed E-state index contributed by atoms with van der Waals surface area (Å²) < 4.78 is 18.6. The SMILES string of the molecule is Cc1noc(C)c1CNc1cc(C(=O)O)ccc1F.